The Morgan fingerprint density at radius 2 is 1.74 bits per heavy atom. The highest BCUT2D eigenvalue weighted by atomic mass is 16.5. The number of amides is 1. The number of methoxy groups -OCH3 is 4. The molecular formula is C25H29N5O5. The second-order valence-corrected chi connectivity index (χ2v) is 7.84. The summed E-state index contributed by atoms with van der Waals surface area (Å²) in [4.78, 5) is 15.2. The highest BCUT2D eigenvalue weighted by molar-refractivity contribution is 5.96. The summed E-state index contributed by atoms with van der Waals surface area (Å²) >= 11 is 0. The van der Waals surface area contributed by atoms with Gasteiger partial charge in [0.1, 0.15) is 17.2 Å². The molecule has 1 aliphatic heterocycles. The Hall–Kier alpha value is -4.08. The third kappa shape index (κ3) is 4.64. The van der Waals surface area contributed by atoms with E-state index in [-0.39, 0.29) is 5.91 Å². The average Bonchev–Trinajstić information content (AvgIpc) is 3.36. The number of rotatable bonds is 8. The van der Waals surface area contributed by atoms with Gasteiger partial charge in [-0.15, -0.1) is 10.2 Å². The molecule has 1 amide bonds. The van der Waals surface area contributed by atoms with Gasteiger partial charge in [-0.05, 0) is 24.5 Å². The molecule has 0 aliphatic carbocycles. The molecule has 0 saturated carbocycles. The summed E-state index contributed by atoms with van der Waals surface area (Å²) < 4.78 is 23.3. The summed E-state index contributed by atoms with van der Waals surface area (Å²) in [5.41, 5.74) is 3.28. The number of benzene rings is 1. The minimum atomic E-state index is -0.0708. The predicted molar refractivity (Wildman–Crippen MR) is 130 cm³/mol. The van der Waals surface area contributed by atoms with E-state index in [1.807, 2.05) is 30.0 Å². The van der Waals surface area contributed by atoms with Crippen molar-refractivity contribution < 1.29 is 23.7 Å². The number of ether oxygens (including phenoxy) is 4. The normalized spacial score (nSPS) is 13.3. The van der Waals surface area contributed by atoms with Gasteiger partial charge in [0.05, 0.1) is 51.5 Å². The van der Waals surface area contributed by atoms with Crippen molar-refractivity contribution in [3.63, 3.8) is 0 Å². The summed E-state index contributed by atoms with van der Waals surface area (Å²) in [6.45, 7) is 3.00. The van der Waals surface area contributed by atoms with Crippen molar-refractivity contribution in [3.8, 4) is 28.9 Å². The summed E-state index contributed by atoms with van der Waals surface area (Å²) in [5, 5.41) is 12.6. The Kier molecular flexibility index (Phi) is 7.19. The maximum atomic E-state index is 13.4. The Morgan fingerprint density at radius 1 is 1.00 bits per heavy atom. The van der Waals surface area contributed by atoms with Crippen LogP contribution in [0.2, 0.25) is 0 Å². The van der Waals surface area contributed by atoms with E-state index in [4.69, 9.17) is 18.9 Å². The molecular weight excluding hydrogens is 450 g/mol. The smallest absolute Gasteiger partial charge is 0.257 e. The van der Waals surface area contributed by atoms with Crippen molar-refractivity contribution in [1.82, 2.24) is 24.9 Å². The lowest BCUT2D eigenvalue weighted by Gasteiger charge is -2.28. The highest BCUT2D eigenvalue weighted by Crippen LogP contribution is 2.41. The quantitative estimate of drug-likeness (QED) is 0.486. The van der Waals surface area contributed by atoms with Crippen LogP contribution in [0.4, 0.5) is 0 Å². The van der Waals surface area contributed by atoms with E-state index >= 15 is 0 Å². The number of hydrogen-bond acceptors (Lipinski definition) is 8. The van der Waals surface area contributed by atoms with Crippen LogP contribution in [-0.2, 0) is 6.42 Å². The summed E-state index contributed by atoms with van der Waals surface area (Å²) in [6.07, 6.45) is 4.91. The fourth-order valence-electron chi connectivity index (χ4n) is 4.20. The van der Waals surface area contributed by atoms with E-state index in [1.165, 1.54) is 7.11 Å². The van der Waals surface area contributed by atoms with Gasteiger partial charge in [0.2, 0.25) is 5.88 Å². The van der Waals surface area contributed by atoms with Gasteiger partial charge in [0.25, 0.3) is 5.91 Å². The zero-order chi connectivity index (χ0) is 24.9. The first kappa shape index (κ1) is 24.1. The standard InChI is InChI=1S/C25H29N5O5/c1-6-19-18(15-26-30(19)22-7-8-23(35-5)28-27-22)25(31)29-11-9-16(10-12-29)24-20(33-3)13-17(32-2)14-21(24)34-4/h7-9,13-15H,6,10-12H2,1-5H3. The van der Waals surface area contributed by atoms with Gasteiger partial charge in [-0.2, -0.15) is 5.10 Å². The Bertz CT molecular complexity index is 1210. The van der Waals surface area contributed by atoms with Gasteiger partial charge in [0.15, 0.2) is 5.82 Å². The molecule has 1 aliphatic rings. The second kappa shape index (κ2) is 10.5. The minimum absolute atomic E-state index is 0.0708. The van der Waals surface area contributed by atoms with Crippen LogP contribution < -0.4 is 18.9 Å². The number of carbonyl (C=O) groups is 1. The van der Waals surface area contributed by atoms with Gasteiger partial charge >= 0.3 is 0 Å². The third-order valence-electron chi connectivity index (χ3n) is 6.02. The molecule has 10 heteroatoms. The molecule has 35 heavy (non-hydrogen) atoms. The van der Waals surface area contributed by atoms with Crippen LogP contribution >= 0.6 is 0 Å². The number of carbonyl (C=O) groups excluding carboxylic acids is 1. The van der Waals surface area contributed by atoms with Crippen LogP contribution in [0, 0.1) is 0 Å². The SMILES string of the molecule is CCc1c(C(=O)N2CC=C(c3c(OC)cc(OC)cc3OC)CC2)cnn1-c1ccc(OC)nn1. The van der Waals surface area contributed by atoms with E-state index in [9.17, 15) is 4.79 Å². The molecule has 1 aromatic carbocycles. The highest BCUT2D eigenvalue weighted by Gasteiger charge is 2.26. The van der Waals surface area contributed by atoms with E-state index in [2.05, 4.69) is 15.3 Å². The first-order valence-electron chi connectivity index (χ1n) is 11.3. The molecule has 0 radical (unpaired) electrons. The first-order chi connectivity index (χ1) is 17.0. The van der Waals surface area contributed by atoms with Crippen molar-refractivity contribution in [3.05, 3.63) is 53.4 Å². The topological polar surface area (TPSA) is 101 Å². The lowest BCUT2D eigenvalue weighted by Crippen LogP contribution is -2.35. The molecule has 0 saturated heterocycles. The molecule has 0 spiro atoms. The van der Waals surface area contributed by atoms with Crippen LogP contribution in [0.3, 0.4) is 0 Å². The Balaban J connectivity index is 1.58. The fraction of sp³-hybridized carbons (Fsp3) is 0.360. The summed E-state index contributed by atoms with van der Waals surface area (Å²) in [5.74, 6) is 2.86. The maximum absolute atomic E-state index is 13.4. The molecule has 184 valence electrons. The zero-order valence-corrected chi connectivity index (χ0v) is 20.6. The van der Waals surface area contributed by atoms with Crippen molar-refractivity contribution in [2.75, 3.05) is 41.5 Å². The average molecular weight is 480 g/mol. The molecule has 0 N–H and O–H groups in total. The molecule has 0 fully saturated rings. The lowest BCUT2D eigenvalue weighted by molar-refractivity contribution is 0.0771. The van der Waals surface area contributed by atoms with Crippen LogP contribution in [0.25, 0.3) is 11.4 Å². The largest absolute Gasteiger partial charge is 0.496 e. The molecule has 0 atom stereocenters. The fourth-order valence-corrected chi connectivity index (χ4v) is 4.20. The lowest BCUT2D eigenvalue weighted by atomic mass is 9.96. The summed E-state index contributed by atoms with van der Waals surface area (Å²) in [7, 11) is 6.37. The molecule has 3 aromatic rings. The molecule has 0 unspecified atom stereocenters. The zero-order valence-electron chi connectivity index (χ0n) is 20.6. The van der Waals surface area contributed by atoms with Gasteiger partial charge in [-0.3, -0.25) is 4.79 Å². The van der Waals surface area contributed by atoms with Gasteiger partial charge < -0.3 is 23.8 Å². The van der Waals surface area contributed by atoms with E-state index in [0.717, 1.165) is 16.8 Å². The monoisotopic (exact) mass is 479 g/mol. The van der Waals surface area contributed by atoms with Crippen molar-refractivity contribution in [1.29, 1.82) is 0 Å². The van der Waals surface area contributed by atoms with Crippen LogP contribution in [0.1, 0.15) is 35.0 Å². The van der Waals surface area contributed by atoms with E-state index < -0.39 is 0 Å². The Labute approximate surface area is 204 Å². The molecule has 2 aromatic heterocycles. The third-order valence-corrected chi connectivity index (χ3v) is 6.02. The molecule has 4 rings (SSSR count). The first-order valence-corrected chi connectivity index (χ1v) is 11.3. The molecule has 3 heterocycles. The number of hydrogen-bond donors (Lipinski definition) is 0. The van der Waals surface area contributed by atoms with Crippen molar-refractivity contribution in [2.45, 2.75) is 19.8 Å². The number of nitrogens with zero attached hydrogens (tertiary/aromatic N) is 5. The van der Waals surface area contributed by atoms with Gasteiger partial charge in [0, 0.05) is 31.3 Å². The molecule has 10 nitrogen and oxygen atoms in total. The van der Waals surface area contributed by atoms with Crippen LogP contribution in [0.5, 0.6) is 23.1 Å². The van der Waals surface area contributed by atoms with Crippen LogP contribution in [-0.4, -0.2) is 72.3 Å². The predicted octanol–water partition coefficient (Wildman–Crippen LogP) is 3.19. The minimum Gasteiger partial charge on any atom is -0.496 e. The molecule has 0 bridgehead atoms. The van der Waals surface area contributed by atoms with Gasteiger partial charge in [-0.25, -0.2) is 4.68 Å². The van der Waals surface area contributed by atoms with Crippen molar-refractivity contribution >= 4 is 11.5 Å². The Morgan fingerprint density at radius 3 is 2.26 bits per heavy atom. The maximum Gasteiger partial charge on any atom is 0.257 e. The van der Waals surface area contributed by atoms with E-state index in [0.29, 0.717) is 60.4 Å². The van der Waals surface area contributed by atoms with Gasteiger partial charge in [-0.1, -0.05) is 13.0 Å². The summed E-state index contributed by atoms with van der Waals surface area (Å²) in [6, 6.07) is 7.14. The van der Waals surface area contributed by atoms with E-state index in [1.54, 1.807) is 44.3 Å². The van der Waals surface area contributed by atoms with Crippen LogP contribution in [0.15, 0.2) is 36.5 Å². The van der Waals surface area contributed by atoms with Crippen molar-refractivity contribution in [2.24, 2.45) is 0 Å². The number of aromatic nitrogens is 4. The second-order valence-electron chi connectivity index (χ2n) is 7.84.